The summed E-state index contributed by atoms with van der Waals surface area (Å²) in [5.74, 6) is 0. The van der Waals surface area contributed by atoms with Crippen molar-refractivity contribution < 1.29 is 13.2 Å². The molecule has 0 bridgehead atoms. The highest BCUT2D eigenvalue weighted by Gasteiger charge is 2.31. The molecule has 1 saturated heterocycles. The Labute approximate surface area is 181 Å². The number of hydrogen-bond donors (Lipinski definition) is 1. The highest BCUT2D eigenvalue weighted by atomic mass is 35.5. The molecule has 0 amide bonds. The summed E-state index contributed by atoms with van der Waals surface area (Å²) in [6, 6.07) is 13.6. The summed E-state index contributed by atoms with van der Waals surface area (Å²) < 4.78 is 40.9. The summed E-state index contributed by atoms with van der Waals surface area (Å²) in [6.45, 7) is 2.59. The van der Waals surface area contributed by atoms with Crippen LogP contribution in [0.1, 0.15) is 0 Å². The van der Waals surface area contributed by atoms with Gasteiger partial charge in [-0.05, 0) is 35.4 Å². The van der Waals surface area contributed by atoms with Crippen molar-refractivity contribution in [3.8, 4) is 11.1 Å². The second-order valence-corrected chi connectivity index (χ2v) is 7.94. The Hall–Kier alpha value is -2.84. The van der Waals surface area contributed by atoms with E-state index in [1.54, 1.807) is 6.07 Å². The van der Waals surface area contributed by atoms with Crippen LogP contribution in [0.25, 0.3) is 33.1 Å². The summed E-state index contributed by atoms with van der Waals surface area (Å²) in [4.78, 5) is 10.5. The number of nitrogens with zero attached hydrogens (tertiary/aromatic N) is 4. The maximum Gasteiger partial charge on any atom is 0.406 e. The van der Waals surface area contributed by atoms with E-state index in [0.717, 1.165) is 47.6 Å². The molecule has 2 aromatic heterocycles. The van der Waals surface area contributed by atoms with Gasteiger partial charge in [0.1, 0.15) is 23.9 Å². The Morgan fingerprint density at radius 3 is 2.55 bits per heavy atom. The van der Waals surface area contributed by atoms with Crippen molar-refractivity contribution in [3.05, 3.63) is 53.9 Å². The van der Waals surface area contributed by atoms with Gasteiger partial charge in [-0.2, -0.15) is 13.2 Å². The molecule has 0 atom stereocenters. The predicted molar refractivity (Wildman–Crippen MR) is 117 cm³/mol. The topological polar surface area (TPSA) is 46.0 Å². The summed E-state index contributed by atoms with van der Waals surface area (Å²) in [5.41, 5.74) is 4.07. The lowest BCUT2D eigenvalue weighted by Crippen LogP contribution is -2.43. The molecule has 1 aliphatic rings. The van der Waals surface area contributed by atoms with Crippen molar-refractivity contribution in [2.45, 2.75) is 12.7 Å². The molecular formula is C22H19ClF3N5. The minimum atomic E-state index is -4.39. The van der Waals surface area contributed by atoms with Crippen molar-refractivity contribution in [3.63, 3.8) is 0 Å². The van der Waals surface area contributed by atoms with Crippen LogP contribution in [-0.2, 0) is 6.54 Å². The zero-order valence-electron chi connectivity index (χ0n) is 16.5. The van der Waals surface area contributed by atoms with Crippen molar-refractivity contribution in [1.29, 1.82) is 0 Å². The van der Waals surface area contributed by atoms with E-state index in [9.17, 15) is 13.2 Å². The van der Waals surface area contributed by atoms with E-state index >= 15 is 0 Å². The number of anilines is 1. The fourth-order valence-corrected chi connectivity index (χ4v) is 4.44. The summed E-state index contributed by atoms with van der Waals surface area (Å²) in [7, 11) is 0. The number of nitrogens with one attached hydrogen (secondary N) is 1. The van der Waals surface area contributed by atoms with Gasteiger partial charge < -0.3 is 14.8 Å². The number of aromatic nitrogens is 3. The average Bonchev–Trinajstić information content (AvgIpc) is 3.07. The molecule has 2 aromatic carbocycles. The molecule has 0 spiro atoms. The van der Waals surface area contributed by atoms with E-state index in [1.165, 1.54) is 6.33 Å². The molecule has 4 aromatic rings. The van der Waals surface area contributed by atoms with E-state index in [1.807, 2.05) is 24.3 Å². The Morgan fingerprint density at radius 1 is 1.00 bits per heavy atom. The third-order valence-corrected chi connectivity index (χ3v) is 5.87. The van der Waals surface area contributed by atoms with Gasteiger partial charge in [0, 0.05) is 37.3 Å². The normalized spacial score (nSPS) is 15.2. The van der Waals surface area contributed by atoms with Gasteiger partial charge in [-0.25, -0.2) is 9.97 Å². The van der Waals surface area contributed by atoms with Crippen LogP contribution in [0.5, 0.6) is 0 Å². The summed E-state index contributed by atoms with van der Waals surface area (Å²) in [6.07, 6.45) is -3.12. The second kappa shape index (κ2) is 7.69. The monoisotopic (exact) mass is 445 g/mol. The van der Waals surface area contributed by atoms with E-state index in [4.69, 9.17) is 11.6 Å². The first-order valence-electron chi connectivity index (χ1n) is 9.96. The molecule has 0 unspecified atom stereocenters. The predicted octanol–water partition coefficient (Wildman–Crippen LogP) is 4.88. The molecule has 0 aliphatic carbocycles. The Bertz CT molecular complexity index is 1260. The fourth-order valence-electron chi connectivity index (χ4n) is 4.20. The molecule has 9 heteroatoms. The van der Waals surface area contributed by atoms with Crippen LogP contribution in [0.15, 0.2) is 48.8 Å². The summed E-state index contributed by atoms with van der Waals surface area (Å²) in [5, 5.41) is 3.97. The van der Waals surface area contributed by atoms with Gasteiger partial charge in [0.05, 0.1) is 5.52 Å². The number of piperazine rings is 1. The van der Waals surface area contributed by atoms with Crippen molar-refractivity contribution in [1.82, 2.24) is 19.9 Å². The van der Waals surface area contributed by atoms with Crippen LogP contribution >= 0.6 is 11.6 Å². The van der Waals surface area contributed by atoms with Gasteiger partial charge in [-0.3, -0.25) is 0 Å². The van der Waals surface area contributed by atoms with Crippen LogP contribution in [0.3, 0.4) is 0 Å². The maximum absolute atomic E-state index is 13.3. The Morgan fingerprint density at radius 2 is 1.77 bits per heavy atom. The van der Waals surface area contributed by atoms with Crippen molar-refractivity contribution in [2.75, 3.05) is 31.1 Å². The van der Waals surface area contributed by atoms with Gasteiger partial charge in [-0.1, -0.05) is 29.8 Å². The lowest BCUT2D eigenvalue weighted by molar-refractivity contribution is -0.139. The van der Waals surface area contributed by atoms with Crippen LogP contribution in [0.2, 0.25) is 5.15 Å². The van der Waals surface area contributed by atoms with Crippen LogP contribution < -0.4 is 10.2 Å². The van der Waals surface area contributed by atoms with E-state index in [0.29, 0.717) is 16.4 Å². The molecule has 31 heavy (non-hydrogen) atoms. The third-order valence-electron chi connectivity index (χ3n) is 5.59. The number of halogens is 4. The number of rotatable bonds is 3. The average molecular weight is 446 g/mol. The molecule has 5 nitrogen and oxygen atoms in total. The number of hydrogen-bond acceptors (Lipinski definition) is 4. The first kappa shape index (κ1) is 20.1. The third kappa shape index (κ3) is 3.81. The summed E-state index contributed by atoms with van der Waals surface area (Å²) >= 11 is 6.18. The molecule has 160 valence electrons. The smallest absolute Gasteiger partial charge is 0.369 e. The van der Waals surface area contributed by atoms with Gasteiger partial charge in [0.2, 0.25) is 0 Å². The SMILES string of the molecule is FC(F)(F)Cn1c2ccc(-c3cccc(N4CCNCC4)c3)cc2c2ncnc(Cl)c21. The largest absolute Gasteiger partial charge is 0.406 e. The minimum absolute atomic E-state index is 0.00713. The van der Waals surface area contributed by atoms with Crippen LogP contribution in [0.4, 0.5) is 18.9 Å². The van der Waals surface area contributed by atoms with Gasteiger partial charge in [0.25, 0.3) is 0 Å². The highest BCUT2D eigenvalue weighted by Crippen LogP contribution is 2.36. The van der Waals surface area contributed by atoms with Gasteiger partial charge >= 0.3 is 6.18 Å². The quantitative estimate of drug-likeness (QED) is 0.457. The lowest BCUT2D eigenvalue weighted by Gasteiger charge is -2.29. The van der Waals surface area contributed by atoms with Gasteiger partial charge in [0.15, 0.2) is 5.15 Å². The van der Waals surface area contributed by atoms with Crippen LogP contribution in [-0.4, -0.2) is 46.9 Å². The molecule has 5 rings (SSSR count). The molecule has 0 saturated carbocycles. The molecule has 0 radical (unpaired) electrons. The zero-order chi connectivity index (χ0) is 21.6. The minimum Gasteiger partial charge on any atom is -0.369 e. The van der Waals surface area contributed by atoms with Crippen molar-refractivity contribution >= 4 is 39.2 Å². The number of alkyl halides is 3. The first-order valence-corrected chi connectivity index (χ1v) is 10.3. The number of fused-ring (bicyclic) bond motifs is 3. The molecule has 1 fully saturated rings. The van der Waals surface area contributed by atoms with E-state index in [-0.39, 0.29) is 10.7 Å². The molecule has 3 heterocycles. The molecule has 1 N–H and O–H groups in total. The van der Waals surface area contributed by atoms with E-state index in [2.05, 4.69) is 32.3 Å². The molecular weight excluding hydrogens is 427 g/mol. The van der Waals surface area contributed by atoms with E-state index < -0.39 is 12.7 Å². The Balaban J connectivity index is 1.64. The van der Waals surface area contributed by atoms with Crippen molar-refractivity contribution in [2.24, 2.45) is 0 Å². The standard InChI is InChI=1S/C22H19ClF3N5/c23-21-20-19(28-13-29-21)17-11-15(4-5-18(17)31(20)12-22(24,25)26)14-2-1-3-16(10-14)30-8-6-27-7-9-30/h1-5,10-11,13,27H,6-9,12H2. The maximum atomic E-state index is 13.3. The lowest BCUT2D eigenvalue weighted by atomic mass is 10.0. The Kier molecular flexibility index (Phi) is 4.98. The van der Waals surface area contributed by atoms with Crippen LogP contribution in [0, 0.1) is 0 Å². The first-order chi connectivity index (χ1) is 14.9. The number of benzene rings is 2. The zero-order valence-corrected chi connectivity index (χ0v) is 17.2. The van der Waals surface area contributed by atoms with Gasteiger partial charge in [-0.15, -0.1) is 0 Å². The fraction of sp³-hybridized carbons (Fsp3) is 0.273. The second-order valence-electron chi connectivity index (χ2n) is 7.58. The highest BCUT2D eigenvalue weighted by molar-refractivity contribution is 6.34. The molecule has 1 aliphatic heterocycles.